The van der Waals surface area contributed by atoms with Gasteiger partial charge in [0.15, 0.2) is 0 Å². The normalized spacial score (nSPS) is 16.0. The molecule has 1 aliphatic carbocycles. The van der Waals surface area contributed by atoms with E-state index in [1.165, 1.54) is 0 Å². The van der Waals surface area contributed by atoms with Gasteiger partial charge in [0.2, 0.25) is 11.8 Å². The van der Waals surface area contributed by atoms with Crippen LogP contribution in [0, 0.1) is 11.3 Å². The molecule has 2 amide bonds. The van der Waals surface area contributed by atoms with Gasteiger partial charge in [-0.2, -0.15) is 0 Å². The number of carbonyl (C=O) groups is 3. The Hall–Kier alpha value is -2.08. The molecule has 0 saturated heterocycles. The van der Waals surface area contributed by atoms with Crippen LogP contribution in [0.2, 0.25) is 5.02 Å². The zero-order valence-corrected chi connectivity index (χ0v) is 15.8. The maximum atomic E-state index is 12.5. The lowest BCUT2D eigenvalue weighted by atomic mass is 9.95. The second-order valence-corrected chi connectivity index (χ2v) is 7.73. The summed E-state index contributed by atoms with van der Waals surface area (Å²) in [5.74, 6) is -1.63. The highest BCUT2D eigenvalue weighted by Gasteiger charge is 2.49. The number of aliphatic carboxylic acids is 1. The fourth-order valence-corrected chi connectivity index (χ4v) is 3.13. The predicted molar refractivity (Wildman–Crippen MR) is 98.9 cm³/mol. The second kappa shape index (κ2) is 8.54. The van der Waals surface area contributed by atoms with E-state index in [-0.39, 0.29) is 18.4 Å². The van der Waals surface area contributed by atoms with Gasteiger partial charge in [0, 0.05) is 5.02 Å². The van der Waals surface area contributed by atoms with Gasteiger partial charge in [-0.25, -0.2) is 4.79 Å². The molecule has 3 N–H and O–H groups in total. The highest BCUT2D eigenvalue weighted by Crippen LogP contribution is 2.49. The van der Waals surface area contributed by atoms with Crippen LogP contribution in [-0.4, -0.2) is 35.5 Å². The van der Waals surface area contributed by atoms with Gasteiger partial charge in [-0.05, 0) is 43.2 Å². The van der Waals surface area contributed by atoms with E-state index in [2.05, 4.69) is 10.6 Å². The summed E-state index contributed by atoms with van der Waals surface area (Å²) in [6, 6.07) is 6.46. The van der Waals surface area contributed by atoms with Gasteiger partial charge >= 0.3 is 5.97 Å². The van der Waals surface area contributed by atoms with Crippen LogP contribution in [0.3, 0.4) is 0 Å². The van der Waals surface area contributed by atoms with Crippen LogP contribution >= 0.6 is 11.6 Å². The number of hydrogen-bond donors (Lipinski definition) is 3. The first-order valence-corrected chi connectivity index (χ1v) is 9.15. The largest absolute Gasteiger partial charge is 0.480 e. The second-order valence-electron chi connectivity index (χ2n) is 7.32. The lowest BCUT2D eigenvalue weighted by molar-refractivity contribution is -0.142. The Kier molecular flexibility index (Phi) is 6.64. The number of carboxylic acids is 1. The first-order valence-electron chi connectivity index (χ1n) is 8.77. The van der Waals surface area contributed by atoms with Gasteiger partial charge < -0.3 is 15.7 Å². The number of carbonyl (C=O) groups excluding carboxylic acids is 2. The molecule has 1 aliphatic rings. The number of carboxylic acid groups (broad SMARTS) is 1. The maximum absolute atomic E-state index is 12.5. The van der Waals surface area contributed by atoms with Crippen molar-refractivity contribution in [1.29, 1.82) is 0 Å². The van der Waals surface area contributed by atoms with Crippen molar-refractivity contribution in [3.63, 3.8) is 0 Å². The summed E-state index contributed by atoms with van der Waals surface area (Å²) in [5.41, 5.74) is 0.393. The maximum Gasteiger partial charge on any atom is 0.326 e. The van der Waals surface area contributed by atoms with Crippen LogP contribution in [-0.2, 0) is 20.8 Å². The van der Waals surface area contributed by atoms with Crippen molar-refractivity contribution >= 4 is 29.4 Å². The van der Waals surface area contributed by atoms with E-state index >= 15 is 0 Å². The van der Waals surface area contributed by atoms with E-state index < -0.39 is 23.3 Å². The molecule has 1 saturated carbocycles. The average molecular weight is 381 g/mol. The van der Waals surface area contributed by atoms with Gasteiger partial charge in [0.05, 0.1) is 12.0 Å². The molecule has 1 atom stereocenters. The number of rotatable bonds is 9. The summed E-state index contributed by atoms with van der Waals surface area (Å²) in [6.07, 6.45) is 2.37. The van der Waals surface area contributed by atoms with Gasteiger partial charge in [-0.15, -0.1) is 0 Å². The molecule has 7 heteroatoms. The summed E-state index contributed by atoms with van der Waals surface area (Å²) < 4.78 is 0. The van der Waals surface area contributed by atoms with Crippen molar-refractivity contribution < 1.29 is 19.5 Å². The quantitative estimate of drug-likeness (QED) is 0.613. The minimum Gasteiger partial charge on any atom is -0.480 e. The highest BCUT2D eigenvalue weighted by atomic mass is 35.5. The first-order chi connectivity index (χ1) is 12.2. The number of hydrogen-bond acceptors (Lipinski definition) is 3. The van der Waals surface area contributed by atoms with Crippen LogP contribution < -0.4 is 10.6 Å². The van der Waals surface area contributed by atoms with Crippen LogP contribution in [0.4, 0.5) is 0 Å². The summed E-state index contributed by atoms with van der Waals surface area (Å²) in [5, 5.41) is 14.9. The van der Waals surface area contributed by atoms with E-state index in [1.807, 2.05) is 32.0 Å². The Morgan fingerprint density at radius 2 is 1.88 bits per heavy atom. The van der Waals surface area contributed by atoms with E-state index in [4.69, 9.17) is 16.7 Å². The monoisotopic (exact) mass is 380 g/mol. The molecule has 1 aromatic carbocycles. The molecule has 0 unspecified atom stereocenters. The summed E-state index contributed by atoms with van der Waals surface area (Å²) in [4.78, 5) is 35.7. The van der Waals surface area contributed by atoms with Crippen molar-refractivity contribution in [3.8, 4) is 0 Å². The number of halogens is 1. The lowest BCUT2D eigenvalue weighted by Crippen LogP contribution is -2.47. The Bertz CT molecular complexity index is 686. The molecule has 0 spiro atoms. The third-order valence-electron chi connectivity index (χ3n) is 4.57. The summed E-state index contributed by atoms with van der Waals surface area (Å²) in [6.45, 7) is 3.54. The van der Waals surface area contributed by atoms with Crippen LogP contribution in [0.1, 0.15) is 38.7 Å². The van der Waals surface area contributed by atoms with Crippen molar-refractivity contribution in [2.24, 2.45) is 11.3 Å². The molecule has 1 fully saturated rings. The van der Waals surface area contributed by atoms with Gasteiger partial charge in [0.25, 0.3) is 0 Å². The van der Waals surface area contributed by atoms with E-state index in [0.717, 1.165) is 18.4 Å². The lowest BCUT2D eigenvalue weighted by Gasteiger charge is -2.18. The molecule has 0 aliphatic heterocycles. The molecule has 26 heavy (non-hydrogen) atoms. The molecular weight excluding hydrogens is 356 g/mol. The Labute approximate surface area is 158 Å². The van der Waals surface area contributed by atoms with Crippen LogP contribution in [0.5, 0.6) is 0 Å². The minimum atomic E-state index is -1.07. The number of benzene rings is 1. The Morgan fingerprint density at radius 3 is 2.42 bits per heavy atom. The zero-order chi connectivity index (χ0) is 19.3. The molecular formula is C19H25ClN2O4. The molecule has 142 valence electrons. The SMILES string of the molecule is CC(C)C[C@H](NC(=O)CNC(=O)C1(Cc2ccccc2Cl)CC1)C(=O)O. The molecule has 1 aromatic rings. The van der Waals surface area contributed by atoms with Crippen LogP contribution in [0.25, 0.3) is 0 Å². The molecule has 0 bridgehead atoms. The zero-order valence-electron chi connectivity index (χ0n) is 15.0. The molecule has 0 heterocycles. The van der Waals surface area contributed by atoms with Crippen molar-refractivity contribution in [3.05, 3.63) is 34.9 Å². The fourth-order valence-electron chi connectivity index (χ4n) is 2.93. The topological polar surface area (TPSA) is 95.5 Å². The van der Waals surface area contributed by atoms with Gasteiger partial charge in [-0.3, -0.25) is 9.59 Å². The van der Waals surface area contributed by atoms with Gasteiger partial charge in [0.1, 0.15) is 6.04 Å². The third kappa shape index (κ3) is 5.46. The van der Waals surface area contributed by atoms with E-state index in [1.54, 1.807) is 6.07 Å². The summed E-state index contributed by atoms with van der Waals surface area (Å²) in [7, 11) is 0. The molecule has 6 nitrogen and oxygen atoms in total. The molecule has 0 radical (unpaired) electrons. The third-order valence-corrected chi connectivity index (χ3v) is 4.94. The van der Waals surface area contributed by atoms with E-state index in [9.17, 15) is 14.4 Å². The highest BCUT2D eigenvalue weighted by molar-refractivity contribution is 6.31. The summed E-state index contributed by atoms with van der Waals surface area (Å²) >= 11 is 6.17. The van der Waals surface area contributed by atoms with Crippen LogP contribution in [0.15, 0.2) is 24.3 Å². The molecule has 2 rings (SSSR count). The molecule has 0 aromatic heterocycles. The first kappa shape index (κ1) is 20.2. The van der Waals surface area contributed by atoms with Crippen molar-refractivity contribution in [2.45, 2.75) is 45.6 Å². The van der Waals surface area contributed by atoms with Crippen molar-refractivity contribution in [1.82, 2.24) is 10.6 Å². The minimum absolute atomic E-state index is 0.136. The Balaban J connectivity index is 1.86. The fraction of sp³-hybridized carbons (Fsp3) is 0.526. The van der Waals surface area contributed by atoms with Crippen molar-refractivity contribution in [2.75, 3.05) is 6.54 Å². The van der Waals surface area contributed by atoms with E-state index in [0.29, 0.717) is 17.9 Å². The number of amides is 2. The smallest absolute Gasteiger partial charge is 0.326 e. The average Bonchev–Trinajstić information content (AvgIpc) is 3.34. The van der Waals surface area contributed by atoms with Gasteiger partial charge in [-0.1, -0.05) is 43.6 Å². The number of nitrogens with one attached hydrogen (secondary N) is 2. The predicted octanol–water partition coefficient (Wildman–Crippen LogP) is 2.39. The standard InChI is InChI=1S/C19H25ClN2O4/c1-12(2)9-15(17(24)25)22-16(23)11-21-18(26)19(7-8-19)10-13-5-3-4-6-14(13)20/h3-6,12,15H,7-11H2,1-2H3,(H,21,26)(H,22,23)(H,24,25)/t15-/m0/s1. The Morgan fingerprint density at radius 1 is 1.23 bits per heavy atom.